The Balaban J connectivity index is 1.71. The molecule has 1 amide bonds. The second-order valence-electron chi connectivity index (χ2n) is 5.89. The standard InChI is InChI=1S/C18H21FN2OS/c1-3-16-15-9-11-23-17(15)8-10-21(16)18(22)12-20(2)14-6-4-13(19)5-7-14/h4-7,9,11,16H,3,8,10,12H2,1-2H3. The number of likely N-dealkylation sites (N-methyl/N-ethyl adjacent to an activating group) is 1. The summed E-state index contributed by atoms with van der Waals surface area (Å²) in [4.78, 5) is 18.0. The van der Waals surface area contributed by atoms with E-state index in [1.165, 1.54) is 22.6 Å². The van der Waals surface area contributed by atoms with Crippen molar-refractivity contribution in [3.8, 4) is 0 Å². The van der Waals surface area contributed by atoms with Gasteiger partial charge in [0.1, 0.15) is 5.82 Å². The molecular formula is C18H21FN2OS. The first kappa shape index (κ1) is 16.0. The lowest BCUT2D eigenvalue weighted by Crippen LogP contribution is -2.44. The molecule has 122 valence electrons. The molecule has 2 heterocycles. The molecular weight excluding hydrogens is 311 g/mol. The number of anilines is 1. The van der Waals surface area contributed by atoms with Crippen molar-refractivity contribution in [3.63, 3.8) is 0 Å². The molecule has 0 saturated carbocycles. The SMILES string of the molecule is CCC1c2ccsc2CCN1C(=O)CN(C)c1ccc(F)cc1. The lowest BCUT2D eigenvalue weighted by atomic mass is 9.97. The third kappa shape index (κ3) is 3.24. The van der Waals surface area contributed by atoms with E-state index in [9.17, 15) is 9.18 Å². The van der Waals surface area contributed by atoms with Gasteiger partial charge in [-0.15, -0.1) is 11.3 Å². The number of hydrogen-bond acceptors (Lipinski definition) is 3. The fourth-order valence-corrected chi connectivity index (χ4v) is 4.14. The van der Waals surface area contributed by atoms with Gasteiger partial charge >= 0.3 is 0 Å². The fraction of sp³-hybridized carbons (Fsp3) is 0.389. The molecule has 1 aromatic carbocycles. The quantitative estimate of drug-likeness (QED) is 0.849. The van der Waals surface area contributed by atoms with Crippen LogP contribution in [-0.4, -0.2) is 30.9 Å². The van der Waals surface area contributed by atoms with Crippen molar-refractivity contribution < 1.29 is 9.18 Å². The van der Waals surface area contributed by atoms with Gasteiger partial charge in [-0.3, -0.25) is 4.79 Å². The number of carbonyl (C=O) groups is 1. The van der Waals surface area contributed by atoms with Crippen molar-refractivity contribution in [2.75, 3.05) is 25.0 Å². The van der Waals surface area contributed by atoms with Crippen molar-refractivity contribution in [1.29, 1.82) is 0 Å². The van der Waals surface area contributed by atoms with E-state index in [-0.39, 0.29) is 17.8 Å². The Hall–Kier alpha value is -1.88. The molecule has 1 aliphatic heterocycles. The molecule has 0 bridgehead atoms. The summed E-state index contributed by atoms with van der Waals surface area (Å²) in [5, 5.41) is 2.12. The number of fused-ring (bicyclic) bond motifs is 1. The van der Waals surface area contributed by atoms with Crippen molar-refractivity contribution in [3.05, 3.63) is 52.0 Å². The Labute approximate surface area is 140 Å². The van der Waals surface area contributed by atoms with Crippen LogP contribution < -0.4 is 4.90 Å². The summed E-state index contributed by atoms with van der Waals surface area (Å²) in [5.74, 6) is -0.138. The number of hydrogen-bond donors (Lipinski definition) is 0. The number of benzene rings is 1. The molecule has 1 aromatic heterocycles. The van der Waals surface area contributed by atoms with E-state index in [1.54, 1.807) is 23.5 Å². The Morgan fingerprint density at radius 3 is 2.78 bits per heavy atom. The van der Waals surface area contributed by atoms with Gasteiger partial charge in [0.05, 0.1) is 12.6 Å². The number of rotatable bonds is 4. The van der Waals surface area contributed by atoms with E-state index in [4.69, 9.17) is 0 Å². The molecule has 3 nitrogen and oxygen atoms in total. The van der Waals surface area contributed by atoms with Crippen LogP contribution in [0.2, 0.25) is 0 Å². The normalized spacial score (nSPS) is 17.0. The second kappa shape index (κ2) is 6.71. The smallest absolute Gasteiger partial charge is 0.242 e. The van der Waals surface area contributed by atoms with E-state index in [0.29, 0.717) is 6.54 Å². The summed E-state index contributed by atoms with van der Waals surface area (Å²) in [6.07, 6.45) is 1.87. The van der Waals surface area contributed by atoms with E-state index in [2.05, 4.69) is 18.4 Å². The van der Waals surface area contributed by atoms with E-state index < -0.39 is 0 Å². The predicted molar refractivity (Wildman–Crippen MR) is 92.4 cm³/mol. The summed E-state index contributed by atoms with van der Waals surface area (Å²) in [6.45, 7) is 3.21. The van der Waals surface area contributed by atoms with Gasteiger partial charge in [0.15, 0.2) is 0 Å². The third-order valence-electron chi connectivity index (χ3n) is 4.44. The van der Waals surface area contributed by atoms with Gasteiger partial charge in [-0.1, -0.05) is 6.92 Å². The predicted octanol–water partition coefficient (Wildman–Crippen LogP) is 3.86. The second-order valence-corrected chi connectivity index (χ2v) is 6.89. The molecule has 0 radical (unpaired) electrons. The molecule has 23 heavy (non-hydrogen) atoms. The summed E-state index contributed by atoms with van der Waals surface area (Å²) >= 11 is 1.79. The highest BCUT2D eigenvalue weighted by Gasteiger charge is 2.30. The van der Waals surface area contributed by atoms with Crippen LogP contribution in [0.1, 0.15) is 29.8 Å². The van der Waals surface area contributed by atoms with E-state index in [1.807, 2.05) is 16.8 Å². The first-order valence-corrected chi connectivity index (χ1v) is 8.80. The van der Waals surface area contributed by atoms with Crippen LogP contribution in [0.4, 0.5) is 10.1 Å². The molecule has 0 N–H and O–H groups in total. The molecule has 0 spiro atoms. The van der Waals surface area contributed by atoms with Gasteiger partial charge in [0.2, 0.25) is 5.91 Å². The molecule has 3 rings (SSSR count). The minimum absolute atomic E-state index is 0.125. The minimum Gasteiger partial charge on any atom is -0.365 e. The van der Waals surface area contributed by atoms with E-state index >= 15 is 0 Å². The average Bonchev–Trinajstić information content (AvgIpc) is 3.02. The number of nitrogens with zero attached hydrogens (tertiary/aromatic N) is 2. The highest BCUT2D eigenvalue weighted by atomic mass is 32.1. The Morgan fingerprint density at radius 1 is 1.35 bits per heavy atom. The van der Waals surface area contributed by atoms with Gasteiger partial charge in [-0.2, -0.15) is 0 Å². The van der Waals surface area contributed by atoms with Crippen LogP contribution in [0, 0.1) is 5.82 Å². The number of halogens is 1. The first-order chi connectivity index (χ1) is 11.1. The zero-order chi connectivity index (χ0) is 16.4. The Morgan fingerprint density at radius 2 is 2.09 bits per heavy atom. The molecule has 0 aliphatic carbocycles. The van der Waals surface area contributed by atoms with Crippen molar-refractivity contribution in [2.45, 2.75) is 25.8 Å². The van der Waals surface area contributed by atoms with Crippen LogP contribution in [0.25, 0.3) is 0 Å². The molecule has 0 fully saturated rings. The van der Waals surface area contributed by atoms with Crippen LogP contribution in [0.5, 0.6) is 0 Å². The van der Waals surface area contributed by atoms with Crippen LogP contribution >= 0.6 is 11.3 Å². The van der Waals surface area contributed by atoms with Crippen LogP contribution in [-0.2, 0) is 11.2 Å². The fourth-order valence-electron chi connectivity index (χ4n) is 3.22. The van der Waals surface area contributed by atoms with E-state index in [0.717, 1.165) is 25.1 Å². The highest BCUT2D eigenvalue weighted by molar-refractivity contribution is 7.10. The highest BCUT2D eigenvalue weighted by Crippen LogP contribution is 2.35. The molecule has 2 aromatic rings. The maximum Gasteiger partial charge on any atom is 0.242 e. The zero-order valence-electron chi connectivity index (χ0n) is 13.5. The summed E-state index contributed by atoms with van der Waals surface area (Å²) in [5.41, 5.74) is 2.16. The van der Waals surface area contributed by atoms with Crippen LogP contribution in [0.3, 0.4) is 0 Å². The number of amides is 1. The Bertz CT molecular complexity index is 683. The molecule has 1 aliphatic rings. The Kier molecular flexibility index (Phi) is 4.66. The van der Waals surface area contributed by atoms with Gasteiger partial charge in [-0.05, 0) is 54.1 Å². The summed E-state index contributed by atoms with van der Waals surface area (Å²) < 4.78 is 13.0. The maximum atomic E-state index is 13.0. The van der Waals surface area contributed by atoms with Gasteiger partial charge in [0.25, 0.3) is 0 Å². The number of carbonyl (C=O) groups excluding carboxylic acids is 1. The molecule has 1 unspecified atom stereocenters. The first-order valence-electron chi connectivity index (χ1n) is 7.92. The number of thiophene rings is 1. The van der Waals surface area contributed by atoms with Crippen molar-refractivity contribution in [1.82, 2.24) is 4.90 Å². The summed E-state index contributed by atoms with van der Waals surface area (Å²) in [7, 11) is 1.87. The molecule has 0 saturated heterocycles. The lowest BCUT2D eigenvalue weighted by Gasteiger charge is -2.36. The molecule has 1 atom stereocenters. The summed E-state index contributed by atoms with van der Waals surface area (Å²) in [6, 6.07) is 8.57. The maximum absolute atomic E-state index is 13.0. The van der Waals surface area contributed by atoms with Crippen molar-refractivity contribution >= 4 is 22.9 Å². The monoisotopic (exact) mass is 332 g/mol. The molecule has 5 heteroatoms. The van der Waals surface area contributed by atoms with Gasteiger partial charge in [0, 0.05) is 24.2 Å². The average molecular weight is 332 g/mol. The van der Waals surface area contributed by atoms with Gasteiger partial charge in [-0.25, -0.2) is 4.39 Å². The topological polar surface area (TPSA) is 23.6 Å². The minimum atomic E-state index is -0.263. The lowest BCUT2D eigenvalue weighted by molar-refractivity contribution is -0.132. The third-order valence-corrected chi connectivity index (χ3v) is 5.44. The van der Waals surface area contributed by atoms with Crippen molar-refractivity contribution in [2.24, 2.45) is 0 Å². The zero-order valence-corrected chi connectivity index (χ0v) is 14.3. The van der Waals surface area contributed by atoms with Crippen LogP contribution in [0.15, 0.2) is 35.7 Å². The largest absolute Gasteiger partial charge is 0.365 e. The van der Waals surface area contributed by atoms with Gasteiger partial charge < -0.3 is 9.80 Å².